The molecule has 1 amide bonds. The Hall–Kier alpha value is -2.87. The van der Waals surface area contributed by atoms with Crippen molar-refractivity contribution in [2.24, 2.45) is 5.73 Å². The van der Waals surface area contributed by atoms with Crippen LogP contribution < -0.4 is 21.7 Å². The Morgan fingerprint density at radius 2 is 2.00 bits per heavy atom. The Labute approximate surface area is 153 Å². The summed E-state index contributed by atoms with van der Waals surface area (Å²) in [6, 6.07) is 4.63. The summed E-state index contributed by atoms with van der Waals surface area (Å²) >= 11 is 1.32. The minimum atomic E-state index is -1.05. The quantitative estimate of drug-likeness (QED) is 0.730. The predicted molar refractivity (Wildman–Crippen MR) is 102 cm³/mol. The number of aryl methyl sites for hydroxylation is 2. The number of rotatable bonds is 4. The van der Waals surface area contributed by atoms with Gasteiger partial charge < -0.3 is 10.5 Å². The Bertz CT molecular complexity index is 1140. The smallest absolute Gasteiger partial charge is 0.330 e. The van der Waals surface area contributed by atoms with Crippen molar-refractivity contribution in [3.8, 4) is 16.9 Å². The molecule has 2 heterocycles. The summed E-state index contributed by atoms with van der Waals surface area (Å²) in [6.07, 6.45) is 0. The lowest BCUT2D eigenvalue weighted by molar-refractivity contribution is -0.120. The van der Waals surface area contributed by atoms with E-state index in [0.29, 0.717) is 21.5 Å². The molecule has 0 aliphatic heterocycles. The van der Waals surface area contributed by atoms with Gasteiger partial charge >= 0.3 is 5.69 Å². The molecule has 1 atom stereocenters. The number of benzene rings is 1. The number of amides is 1. The molecule has 0 fully saturated rings. The highest BCUT2D eigenvalue weighted by atomic mass is 32.1. The van der Waals surface area contributed by atoms with Gasteiger partial charge in [0.1, 0.15) is 16.6 Å². The molecule has 8 heteroatoms. The second-order valence-electron chi connectivity index (χ2n) is 6.12. The number of fused-ring (bicyclic) bond motifs is 1. The molecule has 26 heavy (non-hydrogen) atoms. The molecule has 0 bridgehead atoms. The molecule has 0 saturated carbocycles. The molecule has 3 aromatic rings. The van der Waals surface area contributed by atoms with Crippen LogP contribution in [-0.4, -0.2) is 22.6 Å². The van der Waals surface area contributed by atoms with E-state index in [2.05, 4.69) is 4.98 Å². The maximum atomic E-state index is 13.1. The van der Waals surface area contributed by atoms with E-state index < -0.39 is 23.2 Å². The van der Waals surface area contributed by atoms with Crippen LogP contribution in [0, 0.1) is 13.8 Å². The highest BCUT2D eigenvalue weighted by Crippen LogP contribution is 2.40. The average molecular weight is 373 g/mol. The van der Waals surface area contributed by atoms with Gasteiger partial charge in [-0.1, -0.05) is 11.6 Å². The standard InChI is InChI=1S/C18H19N3O4S/c1-8-5-6-12(25-4)11(7-8)13-10(3)26-16-14(13)17(23)21(18(24)20-16)9(2)15(19)22/h5-7,9H,1-4H3,(H2,19,22)(H,20,24). The fourth-order valence-electron chi connectivity index (χ4n) is 3.03. The first-order chi connectivity index (χ1) is 12.3. The summed E-state index contributed by atoms with van der Waals surface area (Å²) in [5.74, 6) is -0.128. The van der Waals surface area contributed by atoms with Crippen LogP contribution in [0.4, 0.5) is 0 Å². The van der Waals surface area contributed by atoms with Crippen LogP contribution >= 0.6 is 11.3 Å². The first kappa shape index (κ1) is 17.9. The van der Waals surface area contributed by atoms with Crippen molar-refractivity contribution >= 4 is 27.5 Å². The molecule has 3 N–H and O–H groups in total. The second-order valence-corrected chi connectivity index (χ2v) is 7.35. The molecule has 0 aliphatic rings. The van der Waals surface area contributed by atoms with Gasteiger partial charge in [0, 0.05) is 16.0 Å². The molecule has 1 aromatic carbocycles. The lowest BCUT2D eigenvalue weighted by Gasteiger charge is -2.12. The van der Waals surface area contributed by atoms with Crippen LogP contribution in [0.1, 0.15) is 23.4 Å². The van der Waals surface area contributed by atoms with E-state index in [4.69, 9.17) is 10.5 Å². The van der Waals surface area contributed by atoms with E-state index in [0.717, 1.165) is 20.6 Å². The van der Waals surface area contributed by atoms with Gasteiger partial charge in [0.2, 0.25) is 5.91 Å². The number of primary amides is 1. The number of carbonyl (C=O) groups is 1. The monoisotopic (exact) mass is 373 g/mol. The zero-order chi connectivity index (χ0) is 19.2. The number of aromatic amines is 1. The SMILES string of the molecule is COc1ccc(C)cc1-c1c(C)sc2[nH]c(=O)n(C(C)C(N)=O)c(=O)c12. The van der Waals surface area contributed by atoms with Crippen LogP contribution in [0.5, 0.6) is 5.75 Å². The molecule has 3 rings (SSSR count). The van der Waals surface area contributed by atoms with E-state index in [9.17, 15) is 14.4 Å². The first-order valence-corrected chi connectivity index (χ1v) is 8.80. The Morgan fingerprint density at radius 3 is 2.62 bits per heavy atom. The molecular formula is C18H19N3O4S. The van der Waals surface area contributed by atoms with Gasteiger partial charge in [-0.2, -0.15) is 0 Å². The zero-order valence-corrected chi connectivity index (χ0v) is 15.7. The van der Waals surface area contributed by atoms with Gasteiger partial charge in [-0.25, -0.2) is 9.36 Å². The molecule has 0 saturated heterocycles. The van der Waals surface area contributed by atoms with Crippen LogP contribution in [0.25, 0.3) is 21.3 Å². The summed E-state index contributed by atoms with van der Waals surface area (Å²) in [7, 11) is 1.56. The minimum absolute atomic E-state index is 0.351. The van der Waals surface area contributed by atoms with Gasteiger partial charge in [0.05, 0.1) is 12.5 Å². The maximum Gasteiger partial charge on any atom is 0.330 e. The van der Waals surface area contributed by atoms with Crippen molar-refractivity contribution in [2.75, 3.05) is 7.11 Å². The number of carbonyl (C=O) groups excluding carboxylic acids is 1. The number of hydrogen-bond acceptors (Lipinski definition) is 5. The number of nitrogens with one attached hydrogen (secondary N) is 1. The number of hydrogen-bond donors (Lipinski definition) is 2. The van der Waals surface area contributed by atoms with Gasteiger partial charge in [-0.15, -0.1) is 11.3 Å². The van der Waals surface area contributed by atoms with Gasteiger partial charge in [-0.05, 0) is 32.9 Å². The average Bonchev–Trinajstić information content (AvgIpc) is 2.90. The van der Waals surface area contributed by atoms with E-state index in [1.54, 1.807) is 7.11 Å². The third-order valence-corrected chi connectivity index (χ3v) is 5.40. The zero-order valence-electron chi connectivity index (χ0n) is 14.9. The van der Waals surface area contributed by atoms with Gasteiger partial charge in [0.25, 0.3) is 5.56 Å². The van der Waals surface area contributed by atoms with Crippen LogP contribution in [0.2, 0.25) is 0 Å². The number of H-pyrrole nitrogens is 1. The van der Waals surface area contributed by atoms with Gasteiger partial charge in [-0.3, -0.25) is 14.6 Å². The Morgan fingerprint density at radius 1 is 1.31 bits per heavy atom. The fraction of sp³-hybridized carbons (Fsp3) is 0.278. The first-order valence-electron chi connectivity index (χ1n) is 7.98. The maximum absolute atomic E-state index is 13.1. The van der Waals surface area contributed by atoms with Crippen molar-refractivity contribution in [1.29, 1.82) is 0 Å². The van der Waals surface area contributed by atoms with Crippen LogP contribution in [0.3, 0.4) is 0 Å². The summed E-state index contributed by atoms with van der Waals surface area (Å²) in [4.78, 5) is 41.0. The molecule has 2 aromatic heterocycles. The number of aromatic nitrogens is 2. The van der Waals surface area contributed by atoms with E-state index in [1.165, 1.54) is 18.3 Å². The van der Waals surface area contributed by atoms with Crippen molar-refractivity contribution in [3.63, 3.8) is 0 Å². The molecular weight excluding hydrogens is 354 g/mol. The van der Waals surface area contributed by atoms with Gasteiger partial charge in [0.15, 0.2) is 0 Å². The largest absolute Gasteiger partial charge is 0.496 e. The Kier molecular flexibility index (Phi) is 4.45. The van der Waals surface area contributed by atoms with Crippen molar-refractivity contribution in [3.05, 3.63) is 49.5 Å². The topological polar surface area (TPSA) is 107 Å². The van der Waals surface area contributed by atoms with Crippen molar-refractivity contribution < 1.29 is 9.53 Å². The molecule has 7 nitrogen and oxygen atoms in total. The third-order valence-electron chi connectivity index (χ3n) is 4.38. The molecule has 1 unspecified atom stereocenters. The minimum Gasteiger partial charge on any atom is -0.496 e. The van der Waals surface area contributed by atoms with Crippen LogP contribution in [0.15, 0.2) is 27.8 Å². The lowest BCUT2D eigenvalue weighted by atomic mass is 10.0. The summed E-state index contributed by atoms with van der Waals surface area (Å²) in [5.41, 5.74) is 6.57. The molecule has 0 radical (unpaired) electrons. The number of nitrogens with zero attached hydrogens (tertiary/aromatic N) is 1. The highest BCUT2D eigenvalue weighted by Gasteiger charge is 2.23. The van der Waals surface area contributed by atoms with Crippen LogP contribution in [-0.2, 0) is 4.79 Å². The fourth-order valence-corrected chi connectivity index (χ4v) is 4.08. The molecule has 0 aliphatic carbocycles. The lowest BCUT2D eigenvalue weighted by Crippen LogP contribution is -2.41. The molecule has 0 spiro atoms. The normalized spacial score (nSPS) is 12.3. The second kappa shape index (κ2) is 6.45. The molecule has 136 valence electrons. The summed E-state index contributed by atoms with van der Waals surface area (Å²) in [5, 5.41) is 0.351. The van der Waals surface area contributed by atoms with E-state index in [-0.39, 0.29) is 0 Å². The number of thiophene rings is 1. The highest BCUT2D eigenvalue weighted by molar-refractivity contribution is 7.19. The number of ether oxygens (including phenoxy) is 1. The van der Waals surface area contributed by atoms with Crippen molar-refractivity contribution in [2.45, 2.75) is 26.8 Å². The van der Waals surface area contributed by atoms with E-state index in [1.807, 2.05) is 32.0 Å². The third kappa shape index (κ3) is 2.72. The number of nitrogens with two attached hydrogens (primary N) is 1. The summed E-state index contributed by atoms with van der Waals surface area (Å²) < 4.78 is 6.32. The van der Waals surface area contributed by atoms with E-state index >= 15 is 0 Å². The van der Waals surface area contributed by atoms with Crippen molar-refractivity contribution in [1.82, 2.24) is 9.55 Å². The predicted octanol–water partition coefficient (Wildman–Crippen LogP) is 2.09. The Balaban J connectivity index is 2.46. The number of methoxy groups -OCH3 is 1. The summed E-state index contributed by atoms with van der Waals surface area (Å²) in [6.45, 7) is 5.25.